The molecule has 1 unspecified atom stereocenters. The van der Waals surface area contributed by atoms with Crippen molar-refractivity contribution >= 4 is 62.6 Å². The summed E-state index contributed by atoms with van der Waals surface area (Å²) in [5.41, 5.74) is 7.34. The maximum absolute atomic E-state index is 5.00. The van der Waals surface area contributed by atoms with Crippen molar-refractivity contribution in [3.63, 3.8) is 0 Å². The predicted molar refractivity (Wildman–Crippen MR) is 147 cm³/mol. The summed E-state index contributed by atoms with van der Waals surface area (Å²) in [5, 5.41) is 5.08. The van der Waals surface area contributed by atoms with E-state index in [1.807, 2.05) is 12.4 Å². The molecule has 37 heavy (non-hydrogen) atoms. The van der Waals surface area contributed by atoms with Gasteiger partial charge in [0.25, 0.3) is 5.91 Å². The van der Waals surface area contributed by atoms with Crippen LogP contribution in [0.4, 0.5) is 40.1 Å². The third kappa shape index (κ3) is 1.80. The molecular formula is C31H20N6. The summed E-state index contributed by atoms with van der Waals surface area (Å²) in [4.78, 5) is 20.0. The summed E-state index contributed by atoms with van der Waals surface area (Å²) < 4.78 is 0. The van der Waals surface area contributed by atoms with E-state index in [1.54, 1.807) is 0 Å². The van der Waals surface area contributed by atoms with Gasteiger partial charge in [-0.15, -0.1) is 0 Å². The van der Waals surface area contributed by atoms with E-state index in [0.29, 0.717) is 0 Å². The highest BCUT2D eigenvalue weighted by atomic mass is 15.8. The van der Waals surface area contributed by atoms with Crippen molar-refractivity contribution in [3.8, 4) is 0 Å². The molecule has 4 aromatic carbocycles. The van der Waals surface area contributed by atoms with Gasteiger partial charge in [-0.3, -0.25) is 19.6 Å². The minimum absolute atomic E-state index is 0.728. The third-order valence-electron chi connectivity index (χ3n) is 8.61. The molecule has 0 fully saturated rings. The van der Waals surface area contributed by atoms with Gasteiger partial charge in [-0.2, -0.15) is 0 Å². The first-order chi connectivity index (χ1) is 18.4. The fourth-order valence-corrected chi connectivity index (χ4v) is 7.47. The number of hydrogen-bond donors (Lipinski definition) is 0. The molecule has 0 bridgehead atoms. The van der Waals surface area contributed by atoms with Crippen molar-refractivity contribution in [2.24, 2.45) is 0 Å². The topological polar surface area (TPSA) is 38.7 Å². The summed E-state index contributed by atoms with van der Waals surface area (Å²) in [6, 6.07) is 28.8. The molecule has 5 heterocycles. The Kier molecular flexibility index (Phi) is 2.95. The molecule has 0 saturated heterocycles. The van der Waals surface area contributed by atoms with Crippen LogP contribution in [0.25, 0.3) is 22.5 Å². The van der Waals surface area contributed by atoms with E-state index < -0.39 is 5.91 Å². The van der Waals surface area contributed by atoms with Gasteiger partial charge in [-0.25, -0.2) is 9.97 Å². The van der Waals surface area contributed by atoms with E-state index in [9.17, 15) is 0 Å². The lowest BCUT2D eigenvalue weighted by atomic mass is 9.96. The van der Waals surface area contributed by atoms with Crippen molar-refractivity contribution in [1.29, 1.82) is 0 Å². The normalized spacial score (nSPS) is 20.8. The fraction of sp³-hybridized carbons (Fsp3) is 0.0968. The second kappa shape index (κ2) is 5.93. The maximum Gasteiger partial charge on any atom is 0.298 e. The minimum Gasteiger partial charge on any atom is -0.283 e. The number of aromatic nitrogens is 2. The Labute approximate surface area is 212 Å². The molecule has 5 aliphatic rings. The van der Waals surface area contributed by atoms with Crippen molar-refractivity contribution in [1.82, 2.24) is 9.97 Å². The second-order valence-corrected chi connectivity index (χ2v) is 10.2. The molecule has 1 aromatic heterocycles. The molecule has 1 spiro atoms. The second-order valence-electron chi connectivity index (χ2n) is 10.2. The molecule has 6 nitrogen and oxygen atoms in total. The van der Waals surface area contributed by atoms with E-state index in [0.717, 1.165) is 30.2 Å². The van der Waals surface area contributed by atoms with Crippen LogP contribution in [0.15, 0.2) is 91.3 Å². The zero-order valence-corrected chi connectivity index (χ0v) is 19.8. The Balaban J connectivity index is 1.48. The van der Waals surface area contributed by atoms with Gasteiger partial charge in [0.05, 0.1) is 28.4 Å². The van der Waals surface area contributed by atoms with Crippen LogP contribution in [-0.2, 0) is 0 Å². The Bertz CT molecular complexity index is 1950. The van der Waals surface area contributed by atoms with Crippen molar-refractivity contribution in [3.05, 3.63) is 102 Å². The number of para-hydroxylation sites is 2. The highest BCUT2D eigenvalue weighted by molar-refractivity contribution is 6.16. The molecule has 6 heteroatoms. The molecular weight excluding hydrogens is 456 g/mol. The SMILES string of the molecule is C1=c2cccc3c2=C(CC1)N1c2ccccc2N2c4cccc5cccc(c45)N4c5nccnc5N3C124. The Morgan fingerprint density at radius 2 is 1.22 bits per heavy atom. The number of fused-ring (bicyclic) bond motifs is 10. The summed E-state index contributed by atoms with van der Waals surface area (Å²) in [7, 11) is 0. The maximum atomic E-state index is 5.00. The molecule has 174 valence electrons. The first kappa shape index (κ1) is 18.4. The number of hydrogen-bond acceptors (Lipinski definition) is 6. The van der Waals surface area contributed by atoms with Gasteiger partial charge >= 0.3 is 0 Å². The van der Waals surface area contributed by atoms with Gasteiger partial charge in [-0.1, -0.05) is 54.6 Å². The molecule has 0 radical (unpaired) electrons. The zero-order valence-electron chi connectivity index (χ0n) is 19.8. The first-order valence-electron chi connectivity index (χ1n) is 12.8. The Morgan fingerprint density at radius 1 is 0.595 bits per heavy atom. The van der Waals surface area contributed by atoms with Crippen LogP contribution >= 0.6 is 0 Å². The number of benzene rings is 4. The monoisotopic (exact) mass is 476 g/mol. The molecule has 4 aliphatic heterocycles. The van der Waals surface area contributed by atoms with Crippen LogP contribution in [0.3, 0.4) is 0 Å². The largest absolute Gasteiger partial charge is 0.298 e. The smallest absolute Gasteiger partial charge is 0.283 e. The van der Waals surface area contributed by atoms with E-state index in [2.05, 4.69) is 105 Å². The van der Waals surface area contributed by atoms with Gasteiger partial charge in [0, 0.05) is 28.7 Å². The summed E-state index contributed by atoms with van der Waals surface area (Å²) in [6.45, 7) is 0. The van der Waals surface area contributed by atoms with Gasteiger partial charge in [0.1, 0.15) is 0 Å². The summed E-state index contributed by atoms with van der Waals surface area (Å²) in [5.74, 6) is 1.04. The van der Waals surface area contributed by atoms with Crippen molar-refractivity contribution in [2.45, 2.75) is 18.8 Å². The van der Waals surface area contributed by atoms with Gasteiger partial charge in [0.2, 0.25) is 0 Å². The lowest BCUT2D eigenvalue weighted by Gasteiger charge is -2.57. The number of rotatable bonds is 0. The van der Waals surface area contributed by atoms with Gasteiger partial charge < -0.3 is 0 Å². The molecule has 0 N–H and O–H groups in total. The highest BCUT2D eigenvalue weighted by Gasteiger charge is 2.69. The van der Waals surface area contributed by atoms with Crippen molar-refractivity contribution < 1.29 is 0 Å². The highest BCUT2D eigenvalue weighted by Crippen LogP contribution is 2.67. The Morgan fingerprint density at radius 3 is 2.00 bits per heavy atom. The molecule has 10 rings (SSSR count). The number of nitrogens with zero attached hydrogens (tertiary/aromatic N) is 6. The van der Waals surface area contributed by atoms with E-state index in [-0.39, 0.29) is 0 Å². The Hall–Kier alpha value is -4.84. The van der Waals surface area contributed by atoms with Crippen LogP contribution in [0.2, 0.25) is 0 Å². The first-order valence-corrected chi connectivity index (χ1v) is 12.8. The van der Waals surface area contributed by atoms with Gasteiger partial charge in [-0.05, 0) is 53.8 Å². The van der Waals surface area contributed by atoms with Crippen molar-refractivity contribution in [2.75, 3.05) is 19.6 Å². The van der Waals surface area contributed by atoms with E-state index >= 15 is 0 Å². The summed E-state index contributed by atoms with van der Waals surface area (Å²) in [6.07, 6.45) is 8.02. The lowest BCUT2D eigenvalue weighted by Crippen LogP contribution is -2.74. The molecule has 0 saturated carbocycles. The molecule has 1 aliphatic carbocycles. The van der Waals surface area contributed by atoms with Gasteiger partial charge in [0.15, 0.2) is 11.6 Å². The molecule has 1 atom stereocenters. The van der Waals surface area contributed by atoms with Crippen LogP contribution in [-0.4, -0.2) is 15.9 Å². The zero-order chi connectivity index (χ0) is 23.9. The fourth-order valence-electron chi connectivity index (χ4n) is 7.47. The summed E-state index contributed by atoms with van der Waals surface area (Å²) >= 11 is 0. The number of anilines is 7. The van der Waals surface area contributed by atoms with Crippen LogP contribution < -0.4 is 30.0 Å². The van der Waals surface area contributed by atoms with Crippen LogP contribution in [0, 0.1) is 0 Å². The van der Waals surface area contributed by atoms with Crippen LogP contribution in [0.5, 0.6) is 0 Å². The quantitative estimate of drug-likeness (QED) is 0.306. The average molecular weight is 477 g/mol. The molecule has 0 amide bonds. The minimum atomic E-state index is -0.728. The predicted octanol–water partition coefficient (Wildman–Crippen LogP) is 5.20. The van der Waals surface area contributed by atoms with E-state index in [4.69, 9.17) is 9.97 Å². The lowest BCUT2D eigenvalue weighted by molar-refractivity contribution is 0.463. The average Bonchev–Trinajstić information content (AvgIpc) is 3.43. The van der Waals surface area contributed by atoms with Crippen LogP contribution in [0.1, 0.15) is 12.8 Å². The molecule has 5 aromatic rings. The standard InChI is InChI=1S/C31H20N6/c1-2-12-22-21(11-1)34-23-13-3-7-19-9-5-15-25(27(19)23)36-29-30(33-18-17-32-29)37-26-16-6-10-20-8-4-14-24(28(20)26)35(22)31(34,36)37/h1-3,5-13,15-18H,4,14H2. The van der Waals surface area contributed by atoms with E-state index in [1.165, 1.54) is 49.7 Å². The third-order valence-corrected chi connectivity index (χ3v) is 8.61.